The molecule has 0 aromatic heterocycles. The second-order valence-electron chi connectivity index (χ2n) is 7.99. The van der Waals surface area contributed by atoms with Crippen LogP contribution in [0.3, 0.4) is 0 Å². The molecule has 1 aromatic carbocycles. The summed E-state index contributed by atoms with van der Waals surface area (Å²) in [4.78, 5) is 28.5. The third-order valence-corrected chi connectivity index (χ3v) is 5.30. The Morgan fingerprint density at radius 2 is 2.07 bits per heavy atom. The molecule has 1 fully saturated rings. The summed E-state index contributed by atoms with van der Waals surface area (Å²) < 4.78 is 11.3. The smallest absolute Gasteiger partial charge is 0.268 e. The fourth-order valence-corrected chi connectivity index (χ4v) is 3.66. The number of aryl methyl sites for hydroxylation is 1. The molecule has 0 saturated carbocycles. The molecule has 1 saturated heterocycles. The SMILES string of the molecule is Cc1ccc2c(c1)N(CC(=O)NCCC[NH+]1CCOCC1)C(=O)[C@@H](C(C)C)O2. The zero-order valence-electron chi connectivity index (χ0n) is 17.1. The van der Waals surface area contributed by atoms with Crippen LogP contribution in [0.1, 0.15) is 25.8 Å². The van der Waals surface area contributed by atoms with Crippen LogP contribution in [-0.4, -0.2) is 63.9 Å². The fourth-order valence-electron chi connectivity index (χ4n) is 3.66. The van der Waals surface area contributed by atoms with Crippen molar-refractivity contribution < 1.29 is 24.0 Å². The lowest BCUT2D eigenvalue weighted by atomic mass is 10.0. The minimum atomic E-state index is -0.562. The zero-order chi connectivity index (χ0) is 20.1. The van der Waals surface area contributed by atoms with E-state index in [4.69, 9.17) is 9.47 Å². The van der Waals surface area contributed by atoms with Crippen molar-refractivity contribution in [2.75, 3.05) is 50.8 Å². The Hall–Kier alpha value is -2.12. The summed E-state index contributed by atoms with van der Waals surface area (Å²) in [6, 6.07) is 5.74. The molecular formula is C21H32N3O4+. The number of nitrogens with one attached hydrogen (secondary N) is 2. The number of nitrogens with zero attached hydrogens (tertiary/aromatic N) is 1. The lowest BCUT2D eigenvalue weighted by molar-refractivity contribution is -0.908. The maximum absolute atomic E-state index is 12.9. The minimum Gasteiger partial charge on any atom is -0.478 e. The molecule has 1 atom stereocenters. The van der Waals surface area contributed by atoms with Gasteiger partial charge >= 0.3 is 0 Å². The Bertz CT molecular complexity index is 701. The highest BCUT2D eigenvalue weighted by atomic mass is 16.5. The van der Waals surface area contributed by atoms with Gasteiger partial charge < -0.3 is 19.7 Å². The topological polar surface area (TPSA) is 72.3 Å². The summed E-state index contributed by atoms with van der Waals surface area (Å²) in [5, 5.41) is 2.96. The molecule has 28 heavy (non-hydrogen) atoms. The molecule has 0 radical (unpaired) electrons. The van der Waals surface area contributed by atoms with Crippen molar-refractivity contribution in [2.45, 2.75) is 33.3 Å². The first-order chi connectivity index (χ1) is 13.5. The quantitative estimate of drug-likeness (QED) is 0.651. The van der Waals surface area contributed by atoms with Gasteiger partial charge in [0.25, 0.3) is 5.91 Å². The zero-order valence-corrected chi connectivity index (χ0v) is 17.1. The average molecular weight is 391 g/mol. The van der Waals surface area contributed by atoms with Crippen LogP contribution in [0.15, 0.2) is 18.2 Å². The Morgan fingerprint density at radius 1 is 1.32 bits per heavy atom. The molecule has 7 heteroatoms. The van der Waals surface area contributed by atoms with E-state index >= 15 is 0 Å². The van der Waals surface area contributed by atoms with Crippen molar-refractivity contribution in [3.05, 3.63) is 23.8 Å². The number of quaternary nitrogens is 1. The molecule has 3 rings (SSSR count). The molecule has 2 N–H and O–H groups in total. The highest BCUT2D eigenvalue weighted by molar-refractivity contribution is 6.04. The van der Waals surface area contributed by atoms with Gasteiger partial charge in [-0.1, -0.05) is 19.9 Å². The number of amides is 2. The molecule has 0 aliphatic carbocycles. The lowest BCUT2D eigenvalue weighted by Gasteiger charge is -2.35. The second kappa shape index (κ2) is 9.39. The molecule has 2 heterocycles. The van der Waals surface area contributed by atoms with E-state index in [9.17, 15) is 9.59 Å². The monoisotopic (exact) mass is 390 g/mol. The predicted octanol–water partition coefficient (Wildman–Crippen LogP) is 0.166. The molecule has 0 unspecified atom stereocenters. The fraction of sp³-hybridized carbons (Fsp3) is 0.619. The number of fused-ring (bicyclic) bond motifs is 1. The molecule has 2 aliphatic rings. The van der Waals surface area contributed by atoms with E-state index in [-0.39, 0.29) is 24.3 Å². The largest absolute Gasteiger partial charge is 0.478 e. The lowest BCUT2D eigenvalue weighted by Crippen LogP contribution is -3.14. The first-order valence-electron chi connectivity index (χ1n) is 10.2. The highest BCUT2D eigenvalue weighted by Crippen LogP contribution is 2.36. The second-order valence-corrected chi connectivity index (χ2v) is 7.99. The van der Waals surface area contributed by atoms with Crippen molar-refractivity contribution in [1.82, 2.24) is 5.32 Å². The standard InChI is InChI=1S/C21H31N3O4/c1-15(2)20-21(26)24(17-13-16(3)5-6-18(17)28-20)14-19(25)22-7-4-8-23-9-11-27-12-10-23/h5-6,13,15,20H,4,7-12,14H2,1-3H3,(H,22,25)/p+1/t20-/m1/s1. The summed E-state index contributed by atoms with van der Waals surface area (Å²) in [5.74, 6) is 0.403. The number of benzene rings is 1. The van der Waals surface area contributed by atoms with Gasteiger partial charge in [0, 0.05) is 13.0 Å². The van der Waals surface area contributed by atoms with Crippen LogP contribution in [0.2, 0.25) is 0 Å². The minimum absolute atomic E-state index is 0.0201. The molecule has 2 amide bonds. The normalized spacial score (nSPS) is 20.1. The molecule has 0 bridgehead atoms. The number of anilines is 1. The van der Waals surface area contributed by atoms with E-state index < -0.39 is 6.10 Å². The third kappa shape index (κ3) is 5.02. The summed E-state index contributed by atoms with van der Waals surface area (Å²) >= 11 is 0. The van der Waals surface area contributed by atoms with Crippen LogP contribution in [0, 0.1) is 12.8 Å². The Morgan fingerprint density at radius 3 is 2.79 bits per heavy atom. The number of hydrogen-bond acceptors (Lipinski definition) is 4. The van der Waals surface area contributed by atoms with Gasteiger partial charge in [-0.15, -0.1) is 0 Å². The van der Waals surface area contributed by atoms with Crippen LogP contribution < -0.4 is 19.9 Å². The van der Waals surface area contributed by atoms with Crippen molar-refractivity contribution in [1.29, 1.82) is 0 Å². The summed E-state index contributed by atoms with van der Waals surface area (Å²) in [7, 11) is 0. The van der Waals surface area contributed by atoms with Crippen molar-refractivity contribution in [3.63, 3.8) is 0 Å². The predicted molar refractivity (Wildman–Crippen MR) is 107 cm³/mol. The van der Waals surface area contributed by atoms with Gasteiger partial charge in [-0.2, -0.15) is 0 Å². The van der Waals surface area contributed by atoms with Crippen LogP contribution in [0.5, 0.6) is 5.75 Å². The van der Waals surface area contributed by atoms with Crippen molar-refractivity contribution in [2.24, 2.45) is 5.92 Å². The molecule has 154 valence electrons. The van der Waals surface area contributed by atoms with E-state index in [2.05, 4.69) is 5.32 Å². The van der Waals surface area contributed by atoms with E-state index in [1.165, 1.54) is 4.90 Å². The molecular weight excluding hydrogens is 358 g/mol. The van der Waals surface area contributed by atoms with Crippen LogP contribution in [0.25, 0.3) is 0 Å². The van der Waals surface area contributed by atoms with E-state index in [0.717, 1.165) is 44.8 Å². The van der Waals surface area contributed by atoms with Gasteiger partial charge in [0.15, 0.2) is 6.10 Å². The average Bonchev–Trinajstić information content (AvgIpc) is 2.68. The van der Waals surface area contributed by atoms with E-state index in [1.807, 2.05) is 39.0 Å². The summed E-state index contributed by atoms with van der Waals surface area (Å²) in [6.07, 6.45) is 0.357. The first-order valence-corrected chi connectivity index (χ1v) is 10.2. The maximum atomic E-state index is 12.9. The van der Waals surface area contributed by atoms with Crippen molar-refractivity contribution in [3.8, 4) is 5.75 Å². The number of carbonyl (C=O) groups is 2. The Kier molecular flexibility index (Phi) is 6.91. The number of carbonyl (C=O) groups excluding carboxylic acids is 2. The number of hydrogen-bond donors (Lipinski definition) is 2. The number of ether oxygens (including phenoxy) is 2. The van der Waals surface area contributed by atoms with E-state index in [1.54, 1.807) is 4.90 Å². The van der Waals surface area contributed by atoms with Gasteiger partial charge in [-0.05, 0) is 30.5 Å². The van der Waals surface area contributed by atoms with Gasteiger partial charge in [0.2, 0.25) is 5.91 Å². The summed E-state index contributed by atoms with van der Waals surface area (Å²) in [5.41, 5.74) is 1.70. The van der Waals surface area contributed by atoms with E-state index in [0.29, 0.717) is 18.0 Å². The highest BCUT2D eigenvalue weighted by Gasteiger charge is 2.37. The third-order valence-electron chi connectivity index (χ3n) is 5.30. The molecule has 1 aromatic rings. The summed E-state index contributed by atoms with van der Waals surface area (Å²) in [6.45, 7) is 11.2. The Balaban J connectivity index is 1.57. The van der Waals surface area contributed by atoms with Crippen LogP contribution in [0.4, 0.5) is 5.69 Å². The van der Waals surface area contributed by atoms with Gasteiger partial charge in [0.05, 0.1) is 25.4 Å². The van der Waals surface area contributed by atoms with Gasteiger partial charge in [0.1, 0.15) is 25.4 Å². The first kappa shape index (κ1) is 20.6. The van der Waals surface area contributed by atoms with Crippen LogP contribution in [-0.2, 0) is 14.3 Å². The number of morpholine rings is 1. The van der Waals surface area contributed by atoms with Gasteiger partial charge in [-0.3, -0.25) is 14.5 Å². The van der Waals surface area contributed by atoms with Crippen molar-refractivity contribution >= 4 is 17.5 Å². The van der Waals surface area contributed by atoms with Crippen LogP contribution >= 0.6 is 0 Å². The number of rotatable bonds is 7. The van der Waals surface area contributed by atoms with Gasteiger partial charge in [-0.25, -0.2) is 0 Å². The molecule has 0 spiro atoms. The Labute approximate surface area is 167 Å². The maximum Gasteiger partial charge on any atom is 0.268 e. The molecule has 7 nitrogen and oxygen atoms in total. The molecule has 2 aliphatic heterocycles.